The summed E-state index contributed by atoms with van der Waals surface area (Å²) in [5, 5.41) is 0.223. The maximum absolute atomic E-state index is 13.5. The Morgan fingerprint density at radius 3 is 2.15 bits per heavy atom. The van der Waals surface area contributed by atoms with E-state index in [1.807, 2.05) is 13.8 Å². The minimum absolute atomic E-state index is 0.0313. The van der Waals surface area contributed by atoms with Gasteiger partial charge in [-0.1, -0.05) is 18.2 Å². The number of rotatable bonds is 6. The maximum Gasteiger partial charge on any atom is 0.339 e. The molecule has 0 spiro atoms. The van der Waals surface area contributed by atoms with Crippen LogP contribution in [0.5, 0.6) is 17.2 Å². The van der Waals surface area contributed by atoms with Crippen molar-refractivity contribution >= 4 is 21.1 Å². The molecule has 7 nitrogen and oxygen atoms in total. The molecule has 0 radical (unpaired) electrons. The van der Waals surface area contributed by atoms with Crippen LogP contribution in [0.1, 0.15) is 11.1 Å². The minimum Gasteiger partial charge on any atom is -0.493 e. The Hall–Kier alpha value is -3.78. The number of fused-ring (bicyclic) bond motifs is 1. The number of methoxy groups -OCH3 is 2. The fourth-order valence-electron chi connectivity index (χ4n) is 3.42. The van der Waals surface area contributed by atoms with E-state index in [2.05, 4.69) is 0 Å². The fourth-order valence-corrected chi connectivity index (χ4v) is 4.38. The Morgan fingerprint density at radius 2 is 1.48 bits per heavy atom. The number of aryl methyl sites for hydroxylation is 2. The fraction of sp³-hybridized carbons (Fsp3) is 0.160. The van der Waals surface area contributed by atoms with Crippen molar-refractivity contribution in [3.63, 3.8) is 0 Å². The number of ether oxygens (including phenoxy) is 2. The molecular formula is C25H22O7S. The van der Waals surface area contributed by atoms with E-state index < -0.39 is 21.3 Å². The number of benzene rings is 3. The van der Waals surface area contributed by atoms with Crippen LogP contribution in [0.15, 0.2) is 74.8 Å². The molecule has 0 amide bonds. The van der Waals surface area contributed by atoms with E-state index in [9.17, 15) is 13.2 Å². The summed E-state index contributed by atoms with van der Waals surface area (Å²) in [6.07, 6.45) is 0. The lowest BCUT2D eigenvalue weighted by Crippen LogP contribution is -2.17. The Bertz CT molecular complexity index is 1500. The van der Waals surface area contributed by atoms with Crippen LogP contribution in [0, 0.1) is 13.8 Å². The normalized spacial score (nSPS) is 11.4. The number of hydrogen-bond donors (Lipinski definition) is 0. The van der Waals surface area contributed by atoms with Gasteiger partial charge in [-0.3, -0.25) is 4.79 Å². The standard InChI is InChI=1S/C25H22O7S/c1-15-12-19-21(13-16(15)2)31-24(17-10-11-20(29-3)22(14-17)30-4)25(23(19)26)32-33(27,28)18-8-6-5-7-9-18/h5-14H,1-4H3. The van der Waals surface area contributed by atoms with Gasteiger partial charge >= 0.3 is 10.1 Å². The quantitative estimate of drug-likeness (QED) is 0.375. The van der Waals surface area contributed by atoms with Gasteiger partial charge in [-0.2, -0.15) is 8.42 Å². The average Bonchev–Trinajstić information content (AvgIpc) is 2.82. The third-order valence-corrected chi connectivity index (χ3v) is 6.57. The third-order valence-electron chi connectivity index (χ3n) is 5.34. The molecule has 4 rings (SSSR count). The maximum atomic E-state index is 13.5. The van der Waals surface area contributed by atoms with Crippen molar-refractivity contribution in [1.82, 2.24) is 0 Å². The second-order valence-electron chi connectivity index (χ2n) is 7.44. The van der Waals surface area contributed by atoms with Gasteiger partial charge in [-0.05, 0) is 67.4 Å². The summed E-state index contributed by atoms with van der Waals surface area (Å²) in [7, 11) is -1.32. The first-order valence-electron chi connectivity index (χ1n) is 10.0. The van der Waals surface area contributed by atoms with Crippen LogP contribution in [0.4, 0.5) is 0 Å². The molecule has 0 unspecified atom stereocenters. The molecule has 0 aliphatic carbocycles. The van der Waals surface area contributed by atoms with Gasteiger partial charge in [0.2, 0.25) is 11.2 Å². The van der Waals surface area contributed by atoms with Crippen molar-refractivity contribution in [1.29, 1.82) is 0 Å². The lowest BCUT2D eigenvalue weighted by molar-refractivity contribution is 0.355. The first-order chi connectivity index (χ1) is 15.7. The molecule has 0 N–H and O–H groups in total. The van der Waals surface area contributed by atoms with Gasteiger partial charge in [-0.15, -0.1) is 0 Å². The largest absolute Gasteiger partial charge is 0.493 e. The summed E-state index contributed by atoms with van der Waals surface area (Å²) >= 11 is 0. The van der Waals surface area contributed by atoms with E-state index in [0.29, 0.717) is 22.6 Å². The van der Waals surface area contributed by atoms with E-state index in [1.165, 1.54) is 26.4 Å². The van der Waals surface area contributed by atoms with Crippen LogP contribution in [0.3, 0.4) is 0 Å². The van der Waals surface area contributed by atoms with Gasteiger partial charge in [0.25, 0.3) is 0 Å². The lowest BCUT2D eigenvalue weighted by atomic mass is 10.0. The third kappa shape index (κ3) is 4.17. The van der Waals surface area contributed by atoms with E-state index in [4.69, 9.17) is 18.1 Å². The SMILES string of the molecule is COc1ccc(-c2oc3cc(C)c(C)cc3c(=O)c2OS(=O)(=O)c2ccccc2)cc1OC. The van der Waals surface area contributed by atoms with E-state index in [1.54, 1.807) is 48.5 Å². The monoisotopic (exact) mass is 466 g/mol. The Balaban J connectivity index is 2.00. The number of hydrogen-bond acceptors (Lipinski definition) is 7. The first-order valence-corrected chi connectivity index (χ1v) is 11.5. The lowest BCUT2D eigenvalue weighted by Gasteiger charge is -2.14. The van der Waals surface area contributed by atoms with Crippen molar-refractivity contribution in [2.75, 3.05) is 14.2 Å². The molecule has 3 aromatic carbocycles. The molecule has 0 atom stereocenters. The molecule has 1 aromatic heterocycles. The predicted octanol–water partition coefficient (Wildman–Crippen LogP) is 4.86. The molecule has 0 bridgehead atoms. The molecular weight excluding hydrogens is 444 g/mol. The Labute approximate surface area is 191 Å². The van der Waals surface area contributed by atoms with Crippen LogP contribution in [0.2, 0.25) is 0 Å². The van der Waals surface area contributed by atoms with Crippen LogP contribution >= 0.6 is 0 Å². The summed E-state index contributed by atoms with van der Waals surface area (Å²) < 4.78 is 48.0. The van der Waals surface area contributed by atoms with Crippen molar-refractivity contribution in [3.8, 4) is 28.6 Å². The summed E-state index contributed by atoms with van der Waals surface area (Å²) in [5.74, 6) is 0.392. The molecule has 8 heteroatoms. The molecule has 1 heterocycles. The van der Waals surface area contributed by atoms with Crippen molar-refractivity contribution in [2.24, 2.45) is 0 Å². The molecule has 0 saturated heterocycles. The topological polar surface area (TPSA) is 92.0 Å². The van der Waals surface area contributed by atoms with Gasteiger partial charge in [0.15, 0.2) is 17.3 Å². The van der Waals surface area contributed by atoms with Gasteiger partial charge < -0.3 is 18.1 Å². The van der Waals surface area contributed by atoms with Crippen LogP contribution in [-0.4, -0.2) is 22.6 Å². The molecule has 4 aromatic rings. The molecule has 33 heavy (non-hydrogen) atoms. The molecule has 0 saturated carbocycles. The predicted molar refractivity (Wildman–Crippen MR) is 125 cm³/mol. The second-order valence-corrected chi connectivity index (χ2v) is 8.99. The van der Waals surface area contributed by atoms with Gasteiger partial charge in [-0.25, -0.2) is 0 Å². The smallest absolute Gasteiger partial charge is 0.339 e. The van der Waals surface area contributed by atoms with Crippen LogP contribution in [-0.2, 0) is 10.1 Å². The zero-order chi connectivity index (χ0) is 23.8. The summed E-state index contributed by atoms with van der Waals surface area (Å²) in [5.41, 5.74) is 1.91. The molecule has 0 aliphatic rings. The molecule has 170 valence electrons. The average molecular weight is 467 g/mol. The highest BCUT2D eigenvalue weighted by Gasteiger charge is 2.26. The summed E-state index contributed by atoms with van der Waals surface area (Å²) in [6.45, 7) is 3.76. The minimum atomic E-state index is -4.30. The Kier molecular flexibility index (Phi) is 5.86. The van der Waals surface area contributed by atoms with E-state index in [0.717, 1.165) is 11.1 Å². The van der Waals surface area contributed by atoms with Gasteiger partial charge in [0.05, 0.1) is 19.6 Å². The first kappa shape index (κ1) is 22.4. The van der Waals surface area contributed by atoms with E-state index >= 15 is 0 Å². The summed E-state index contributed by atoms with van der Waals surface area (Å²) in [6, 6.07) is 15.9. The highest BCUT2D eigenvalue weighted by atomic mass is 32.2. The van der Waals surface area contributed by atoms with Gasteiger partial charge in [0.1, 0.15) is 10.5 Å². The van der Waals surface area contributed by atoms with Crippen molar-refractivity contribution in [3.05, 3.63) is 82.0 Å². The summed E-state index contributed by atoms with van der Waals surface area (Å²) in [4.78, 5) is 13.4. The van der Waals surface area contributed by atoms with Crippen LogP contribution < -0.4 is 19.1 Å². The zero-order valence-corrected chi connectivity index (χ0v) is 19.4. The van der Waals surface area contributed by atoms with Gasteiger partial charge in [0, 0.05) is 5.56 Å². The second kappa shape index (κ2) is 8.63. The zero-order valence-electron chi connectivity index (χ0n) is 18.5. The Morgan fingerprint density at radius 1 is 0.818 bits per heavy atom. The van der Waals surface area contributed by atoms with Crippen molar-refractivity contribution in [2.45, 2.75) is 18.7 Å². The van der Waals surface area contributed by atoms with Crippen molar-refractivity contribution < 1.29 is 26.5 Å². The van der Waals surface area contributed by atoms with Crippen LogP contribution in [0.25, 0.3) is 22.3 Å². The van der Waals surface area contributed by atoms with E-state index in [-0.39, 0.29) is 16.0 Å². The highest BCUT2D eigenvalue weighted by Crippen LogP contribution is 2.38. The molecule has 0 aliphatic heterocycles. The highest BCUT2D eigenvalue weighted by molar-refractivity contribution is 7.87. The molecule has 0 fully saturated rings.